The van der Waals surface area contributed by atoms with Crippen molar-refractivity contribution < 1.29 is 0 Å². The molecule has 0 saturated carbocycles. The molecule has 0 N–H and O–H groups in total. The molecule has 9 aromatic carbocycles. The Bertz CT molecular complexity index is 3540. The Morgan fingerprint density at radius 3 is 1.47 bits per heavy atom. The van der Waals surface area contributed by atoms with Gasteiger partial charge in [-0.2, -0.15) is 0 Å². The molecule has 0 atom stereocenters. The fourth-order valence-electron chi connectivity index (χ4n) is 9.07. The van der Waals surface area contributed by atoms with Crippen LogP contribution in [0.4, 0.5) is 0 Å². The molecule has 4 heteroatoms. The largest absolute Gasteiger partial charge is 0.309 e. The monoisotopic (exact) mass is 764 g/mol. The highest BCUT2D eigenvalue weighted by Gasteiger charge is 2.19. The third kappa shape index (κ3) is 5.61. The Hall–Kier alpha value is -8.08. The van der Waals surface area contributed by atoms with Gasteiger partial charge in [0, 0.05) is 49.6 Å². The number of fused-ring (bicyclic) bond motifs is 7. The minimum atomic E-state index is 0.693. The van der Waals surface area contributed by atoms with Gasteiger partial charge in [-0.25, -0.2) is 9.97 Å². The molecule has 0 unspecified atom stereocenters. The predicted octanol–water partition coefficient (Wildman–Crippen LogP) is 14.5. The van der Waals surface area contributed by atoms with E-state index in [2.05, 4.69) is 221 Å². The first-order valence-corrected chi connectivity index (χ1v) is 20.4. The number of benzene rings is 9. The van der Waals surface area contributed by atoms with Crippen LogP contribution < -0.4 is 0 Å². The molecule has 60 heavy (non-hydrogen) atoms. The molecule has 0 aliphatic rings. The van der Waals surface area contributed by atoms with Crippen LogP contribution in [0.3, 0.4) is 0 Å². The average Bonchev–Trinajstić information content (AvgIpc) is 3.84. The highest BCUT2D eigenvalue weighted by Crippen LogP contribution is 2.39. The lowest BCUT2D eigenvalue weighted by atomic mass is 9.99. The van der Waals surface area contributed by atoms with E-state index in [0.717, 1.165) is 67.0 Å². The van der Waals surface area contributed by atoms with Crippen LogP contribution >= 0.6 is 0 Å². The maximum absolute atomic E-state index is 5.35. The Morgan fingerprint density at radius 1 is 0.267 bits per heavy atom. The zero-order valence-electron chi connectivity index (χ0n) is 32.6. The van der Waals surface area contributed by atoms with Crippen LogP contribution in [0, 0.1) is 0 Å². The van der Waals surface area contributed by atoms with Gasteiger partial charge >= 0.3 is 0 Å². The lowest BCUT2D eigenvalue weighted by Crippen LogP contribution is -1.99. The number of nitrogens with zero attached hydrogens (tertiary/aromatic N) is 4. The third-order valence-electron chi connectivity index (χ3n) is 11.9. The van der Waals surface area contributed by atoms with E-state index in [1.54, 1.807) is 0 Å². The molecule has 4 nitrogen and oxygen atoms in total. The van der Waals surface area contributed by atoms with Crippen molar-refractivity contribution in [3.05, 3.63) is 218 Å². The van der Waals surface area contributed by atoms with Crippen molar-refractivity contribution in [1.82, 2.24) is 19.1 Å². The smallest absolute Gasteiger partial charge is 0.160 e. The summed E-state index contributed by atoms with van der Waals surface area (Å²) in [6.07, 6.45) is 0. The van der Waals surface area contributed by atoms with Gasteiger partial charge in [-0.3, -0.25) is 0 Å². The molecular weight excluding hydrogens is 729 g/mol. The van der Waals surface area contributed by atoms with Crippen molar-refractivity contribution in [2.24, 2.45) is 0 Å². The molecule has 0 bridgehead atoms. The van der Waals surface area contributed by atoms with E-state index in [9.17, 15) is 0 Å². The summed E-state index contributed by atoms with van der Waals surface area (Å²) in [6, 6.07) is 78.1. The summed E-state index contributed by atoms with van der Waals surface area (Å²) < 4.78 is 4.82. The third-order valence-corrected chi connectivity index (χ3v) is 11.9. The Morgan fingerprint density at radius 2 is 0.783 bits per heavy atom. The molecule has 12 aromatic rings. The summed E-state index contributed by atoms with van der Waals surface area (Å²) in [5, 5.41) is 7.26. The summed E-state index contributed by atoms with van der Waals surface area (Å²) in [5.74, 6) is 0.693. The number of hydrogen-bond acceptors (Lipinski definition) is 2. The summed E-state index contributed by atoms with van der Waals surface area (Å²) in [4.78, 5) is 10.5. The zero-order chi connectivity index (χ0) is 39.6. The molecule has 0 fully saturated rings. The number of para-hydroxylation sites is 3. The van der Waals surface area contributed by atoms with E-state index in [1.165, 1.54) is 38.0 Å². The van der Waals surface area contributed by atoms with Crippen LogP contribution in [-0.4, -0.2) is 19.1 Å². The van der Waals surface area contributed by atoms with Crippen molar-refractivity contribution in [3.8, 4) is 56.4 Å². The van der Waals surface area contributed by atoms with Gasteiger partial charge in [0.05, 0.1) is 33.5 Å². The number of rotatable bonds is 6. The molecule has 0 saturated heterocycles. The molecule has 0 spiro atoms. The van der Waals surface area contributed by atoms with Crippen LogP contribution in [0.5, 0.6) is 0 Å². The fraction of sp³-hybridized carbons (Fsp3) is 0. The molecule has 3 aromatic heterocycles. The lowest BCUT2D eigenvalue weighted by Gasteiger charge is -2.15. The first-order chi connectivity index (χ1) is 29.7. The first-order valence-electron chi connectivity index (χ1n) is 20.4. The Labute approximate surface area is 346 Å². The molecule has 280 valence electrons. The number of hydrogen-bond donors (Lipinski definition) is 0. The normalized spacial score (nSPS) is 11.7. The van der Waals surface area contributed by atoms with E-state index in [-0.39, 0.29) is 0 Å². The Kier molecular flexibility index (Phi) is 7.82. The average molecular weight is 765 g/mol. The van der Waals surface area contributed by atoms with E-state index >= 15 is 0 Å². The standard InChI is InChI=1S/C56H36N4/c1-3-15-37(16-4-1)42-32-43(51-36-50(39-18-5-2-6-19-39)57-56(58-51)41-28-27-38-17-7-8-20-40(38)31-41)34-45(33-42)60-54-26-14-11-23-48(54)49-35-44(29-30-55(49)60)59-52-24-12-9-21-46(52)47-22-10-13-25-53(47)59/h1-36H. The molecule has 0 aliphatic heterocycles. The fourth-order valence-corrected chi connectivity index (χ4v) is 9.07. The van der Waals surface area contributed by atoms with Crippen molar-refractivity contribution in [1.29, 1.82) is 0 Å². The summed E-state index contributed by atoms with van der Waals surface area (Å²) in [5.41, 5.74) is 13.9. The Balaban J connectivity index is 1.09. The first kappa shape index (κ1) is 34.0. The predicted molar refractivity (Wildman–Crippen MR) is 250 cm³/mol. The minimum Gasteiger partial charge on any atom is -0.309 e. The molecule has 3 heterocycles. The van der Waals surface area contributed by atoms with Crippen LogP contribution in [0.25, 0.3) is 111 Å². The van der Waals surface area contributed by atoms with Crippen molar-refractivity contribution in [3.63, 3.8) is 0 Å². The molecule has 0 aliphatic carbocycles. The van der Waals surface area contributed by atoms with Gasteiger partial charge in [-0.15, -0.1) is 0 Å². The van der Waals surface area contributed by atoms with Gasteiger partial charge in [0.1, 0.15) is 0 Å². The van der Waals surface area contributed by atoms with E-state index in [1.807, 2.05) is 6.07 Å². The van der Waals surface area contributed by atoms with Gasteiger partial charge in [-0.1, -0.05) is 152 Å². The van der Waals surface area contributed by atoms with Crippen LogP contribution in [0.1, 0.15) is 0 Å². The van der Waals surface area contributed by atoms with Gasteiger partial charge in [-0.05, 0) is 88.6 Å². The summed E-state index contributed by atoms with van der Waals surface area (Å²) in [7, 11) is 0. The van der Waals surface area contributed by atoms with Gasteiger partial charge in [0.25, 0.3) is 0 Å². The van der Waals surface area contributed by atoms with Crippen molar-refractivity contribution >= 4 is 54.4 Å². The minimum absolute atomic E-state index is 0.693. The van der Waals surface area contributed by atoms with Crippen LogP contribution in [0.15, 0.2) is 218 Å². The maximum Gasteiger partial charge on any atom is 0.160 e. The number of aromatic nitrogens is 4. The topological polar surface area (TPSA) is 35.6 Å². The van der Waals surface area contributed by atoms with Crippen LogP contribution in [-0.2, 0) is 0 Å². The quantitative estimate of drug-likeness (QED) is 0.169. The second-order valence-electron chi connectivity index (χ2n) is 15.4. The zero-order valence-corrected chi connectivity index (χ0v) is 32.6. The van der Waals surface area contributed by atoms with Gasteiger partial charge < -0.3 is 9.13 Å². The highest BCUT2D eigenvalue weighted by atomic mass is 15.0. The van der Waals surface area contributed by atoms with E-state index in [4.69, 9.17) is 9.97 Å². The van der Waals surface area contributed by atoms with Crippen molar-refractivity contribution in [2.75, 3.05) is 0 Å². The molecule has 0 radical (unpaired) electrons. The van der Waals surface area contributed by atoms with Gasteiger partial charge in [0.2, 0.25) is 0 Å². The summed E-state index contributed by atoms with van der Waals surface area (Å²) >= 11 is 0. The van der Waals surface area contributed by atoms with E-state index < -0.39 is 0 Å². The maximum atomic E-state index is 5.35. The van der Waals surface area contributed by atoms with Crippen molar-refractivity contribution in [2.45, 2.75) is 0 Å². The SMILES string of the molecule is c1ccc(-c2cc(-c3cc(-c4ccccc4)nc(-c4ccc5ccccc5c4)n3)cc(-n3c4ccccc4c4cc(-n5c6ccccc6c6ccccc65)ccc43)c2)cc1. The molecule has 0 amide bonds. The van der Waals surface area contributed by atoms with E-state index in [0.29, 0.717) is 5.82 Å². The molecule has 12 rings (SSSR count). The van der Waals surface area contributed by atoms with Gasteiger partial charge in [0.15, 0.2) is 5.82 Å². The molecular formula is C56H36N4. The summed E-state index contributed by atoms with van der Waals surface area (Å²) in [6.45, 7) is 0. The second-order valence-corrected chi connectivity index (χ2v) is 15.4. The second kappa shape index (κ2) is 13.8. The highest BCUT2D eigenvalue weighted by molar-refractivity contribution is 6.12. The van der Waals surface area contributed by atoms with Crippen LogP contribution in [0.2, 0.25) is 0 Å². The lowest BCUT2D eigenvalue weighted by molar-refractivity contribution is 1.16.